The van der Waals surface area contributed by atoms with E-state index in [-0.39, 0.29) is 6.04 Å². The quantitative estimate of drug-likeness (QED) is 0.505. The molecule has 0 radical (unpaired) electrons. The van der Waals surface area contributed by atoms with Crippen LogP contribution in [-0.2, 0) is 0 Å². The molecule has 1 atom stereocenters. The predicted molar refractivity (Wildman–Crippen MR) is 38.9 cm³/mol. The van der Waals surface area contributed by atoms with Crippen molar-refractivity contribution in [2.45, 2.75) is 19.9 Å². The Hall–Kier alpha value is -1.01. The Morgan fingerprint density at radius 3 is 2.80 bits per heavy atom. The molecule has 3 heteroatoms. The normalized spacial score (nSPS) is 25.5. The Morgan fingerprint density at radius 1 is 1.70 bits per heavy atom. The van der Waals surface area contributed by atoms with E-state index in [0.717, 1.165) is 17.9 Å². The molecule has 0 aromatic rings. The van der Waals surface area contributed by atoms with E-state index >= 15 is 0 Å². The predicted octanol–water partition coefficient (Wildman–Crippen LogP) is 0.323. The molecule has 0 aromatic carbocycles. The molecule has 0 saturated carbocycles. The molecule has 0 aromatic heterocycles. The highest BCUT2D eigenvalue weighted by atomic mass is 15.1. The maximum atomic E-state index is 8.64. The third-order valence-electron chi connectivity index (χ3n) is 1.72. The van der Waals surface area contributed by atoms with Gasteiger partial charge in [-0.2, -0.15) is 5.26 Å². The number of nitrogens with zero attached hydrogens (tertiary/aromatic N) is 1. The average molecular weight is 137 g/mol. The summed E-state index contributed by atoms with van der Waals surface area (Å²) >= 11 is 0. The van der Waals surface area contributed by atoms with Crippen LogP contribution in [0.4, 0.5) is 0 Å². The maximum Gasteiger partial charge on any atom is 0.0981 e. The molecule has 1 aliphatic heterocycles. The van der Waals surface area contributed by atoms with Crippen LogP contribution in [0.1, 0.15) is 13.8 Å². The molecule has 1 heterocycles. The number of hydrogen-bond donors (Lipinski definition) is 2. The topological polar surface area (TPSA) is 47.9 Å². The highest BCUT2D eigenvalue weighted by molar-refractivity contribution is 5.31. The Labute approximate surface area is 60.7 Å². The van der Waals surface area contributed by atoms with Gasteiger partial charge in [0.15, 0.2) is 0 Å². The van der Waals surface area contributed by atoms with Crippen molar-refractivity contribution in [2.75, 3.05) is 6.67 Å². The summed E-state index contributed by atoms with van der Waals surface area (Å²) in [5, 5.41) is 14.8. The third kappa shape index (κ3) is 1.12. The van der Waals surface area contributed by atoms with E-state index in [0.29, 0.717) is 0 Å². The van der Waals surface area contributed by atoms with Crippen LogP contribution in [0.3, 0.4) is 0 Å². The van der Waals surface area contributed by atoms with Crippen molar-refractivity contribution in [1.29, 1.82) is 5.26 Å². The summed E-state index contributed by atoms with van der Waals surface area (Å²) in [6, 6.07) is 2.36. The van der Waals surface area contributed by atoms with Crippen LogP contribution in [0.5, 0.6) is 0 Å². The van der Waals surface area contributed by atoms with Crippen molar-refractivity contribution in [1.82, 2.24) is 10.6 Å². The van der Waals surface area contributed by atoms with Crippen LogP contribution in [0, 0.1) is 11.3 Å². The Kier molecular flexibility index (Phi) is 1.93. The summed E-state index contributed by atoms with van der Waals surface area (Å²) in [6.45, 7) is 4.68. The van der Waals surface area contributed by atoms with Gasteiger partial charge in [0.25, 0.3) is 0 Å². The van der Waals surface area contributed by atoms with Gasteiger partial charge in [-0.1, -0.05) is 0 Å². The lowest BCUT2D eigenvalue weighted by Gasteiger charge is -2.22. The first kappa shape index (κ1) is 7.10. The molecule has 0 spiro atoms. The second-order valence-electron chi connectivity index (χ2n) is 2.43. The lowest BCUT2D eigenvalue weighted by Crippen LogP contribution is -2.41. The molecule has 3 nitrogen and oxygen atoms in total. The number of rotatable bonds is 0. The standard InChI is InChI=1S/C7H11N3/c1-5-7(3-8)6(2)10-4-9-5/h5,9-10H,4H2,1-2H3. The molecular weight excluding hydrogens is 126 g/mol. The fraction of sp³-hybridized carbons (Fsp3) is 0.571. The fourth-order valence-electron chi connectivity index (χ4n) is 1.04. The first-order chi connectivity index (χ1) is 4.75. The zero-order valence-corrected chi connectivity index (χ0v) is 6.23. The summed E-state index contributed by atoms with van der Waals surface area (Å²) in [4.78, 5) is 0. The van der Waals surface area contributed by atoms with Crippen LogP contribution in [-0.4, -0.2) is 12.7 Å². The Morgan fingerprint density at radius 2 is 2.40 bits per heavy atom. The van der Waals surface area contributed by atoms with E-state index in [1.54, 1.807) is 0 Å². The number of hydrogen-bond acceptors (Lipinski definition) is 3. The average Bonchev–Trinajstić information content (AvgIpc) is 1.88. The fourth-order valence-corrected chi connectivity index (χ4v) is 1.04. The van der Waals surface area contributed by atoms with Gasteiger partial charge < -0.3 is 5.32 Å². The van der Waals surface area contributed by atoms with Crippen molar-refractivity contribution in [3.8, 4) is 6.07 Å². The molecular formula is C7H11N3. The van der Waals surface area contributed by atoms with E-state index in [4.69, 9.17) is 5.26 Å². The molecule has 0 amide bonds. The minimum absolute atomic E-state index is 0.200. The van der Waals surface area contributed by atoms with Gasteiger partial charge in [-0.15, -0.1) is 0 Å². The van der Waals surface area contributed by atoms with E-state index in [1.807, 2.05) is 13.8 Å². The number of nitrogens with one attached hydrogen (secondary N) is 2. The first-order valence-corrected chi connectivity index (χ1v) is 3.34. The summed E-state index contributed by atoms with van der Waals surface area (Å²) in [6.07, 6.45) is 0. The van der Waals surface area contributed by atoms with Crippen LogP contribution in [0.25, 0.3) is 0 Å². The summed E-state index contributed by atoms with van der Waals surface area (Å²) < 4.78 is 0. The molecule has 10 heavy (non-hydrogen) atoms. The molecule has 1 unspecified atom stereocenters. The number of allylic oxidation sites excluding steroid dienone is 1. The van der Waals surface area contributed by atoms with E-state index in [9.17, 15) is 0 Å². The zero-order valence-electron chi connectivity index (χ0n) is 6.23. The van der Waals surface area contributed by atoms with Gasteiger partial charge in [0.1, 0.15) is 0 Å². The first-order valence-electron chi connectivity index (χ1n) is 3.34. The van der Waals surface area contributed by atoms with E-state index in [2.05, 4.69) is 16.7 Å². The molecule has 2 N–H and O–H groups in total. The second-order valence-corrected chi connectivity index (χ2v) is 2.43. The summed E-state index contributed by atoms with van der Waals surface area (Å²) in [7, 11) is 0. The Balaban J connectivity index is 2.86. The lowest BCUT2D eigenvalue weighted by atomic mass is 10.1. The van der Waals surface area contributed by atoms with Gasteiger partial charge in [-0.25, -0.2) is 0 Å². The maximum absolute atomic E-state index is 8.64. The van der Waals surface area contributed by atoms with Crippen LogP contribution < -0.4 is 10.6 Å². The molecule has 1 aliphatic rings. The van der Waals surface area contributed by atoms with E-state index in [1.165, 1.54) is 0 Å². The minimum Gasteiger partial charge on any atom is -0.375 e. The van der Waals surface area contributed by atoms with Gasteiger partial charge in [0.05, 0.1) is 18.3 Å². The van der Waals surface area contributed by atoms with Crippen LogP contribution >= 0.6 is 0 Å². The molecule has 0 fully saturated rings. The van der Waals surface area contributed by atoms with Crippen molar-refractivity contribution < 1.29 is 0 Å². The van der Waals surface area contributed by atoms with Gasteiger partial charge in [0.2, 0.25) is 0 Å². The zero-order chi connectivity index (χ0) is 7.56. The smallest absolute Gasteiger partial charge is 0.0981 e. The van der Waals surface area contributed by atoms with Crippen LogP contribution in [0.2, 0.25) is 0 Å². The summed E-state index contributed by atoms with van der Waals surface area (Å²) in [5.41, 5.74) is 1.81. The second kappa shape index (κ2) is 2.72. The summed E-state index contributed by atoms with van der Waals surface area (Å²) in [5.74, 6) is 0. The molecule has 0 saturated heterocycles. The van der Waals surface area contributed by atoms with Crippen molar-refractivity contribution in [2.24, 2.45) is 0 Å². The monoisotopic (exact) mass is 137 g/mol. The SMILES string of the molecule is CC1=C(C#N)C(C)NCN1. The lowest BCUT2D eigenvalue weighted by molar-refractivity contribution is 0.538. The van der Waals surface area contributed by atoms with Gasteiger partial charge in [-0.05, 0) is 13.8 Å². The molecule has 0 bridgehead atoms. The molecule has 1 rings (SSSR count). The van der Waals surface area contributed by atoms with Gasteiger partial charge in [-0.3, -0.25) is 5.32 Å². The van der Waals surface area contributed by atoms with Crippen LogP contribution in [0.15, 0.2) is 11.3 Å². The minimum atomic E-state index is 0.200. The molecule has 0 aliphatic carbocycles. The third-order valence-corrected chi connectivity index (χ3v) is 1.72. The highest BCUT2D eigenvalue weighted by Crippen LogP contribution is 2.07. The van der Waals surface area contributed by atoms with Crippen molar-refractivity contribution in [3.63, 3.8) is 0 Å². The highest BCUT2D eigenvalue weighted by Gasteiger charge is 2.14. The van der Waals surface area contributed by atoms with Crippen molar-refractivity contribution >= 4 is 0 Å². The Bertz CT molecular complexity index is 199. The number of nitriles is 1. The van der Waals surface area contributed by atoms with Gasteiger partial charge >= 0.3 is 0 Å². The van der Waals surface area contributed by atoms with Gasteiger partial charge in [0, 0.05) is 11.7 Å². The largest absolute Gasteiger partial charge is 0.375 e. The molecule has 54 valence electrons. The van der Waals surface area contributed by atoms with Crippen molar-refractivity contribution in [3.05, 3.63) is 11.3 Å². The van der Waals surface area contributed by atoms with E-state index < -0.39 is 0 Å².